The van der Waals surface area contributed by atoms with Gasteiger partial charge in [-0.1, -0.05) is 30.0 Å². The number of anilines is 1. The molecule has 0 radical (unpaired) electrons. The zero-order chi connectivity index (χ0) is 11.9. The largest absolute Gasteiger partial charge is 0.370 e. The molecule has 0 saturated carbocycles. The van der Waals surface area contributed by atoms with Crippen LogP contribution in [0.4, 0.5) is 5.82 Å². The average molecular weight is 254 g/mol. The first kappa shape index (κ1) is 11.8. The van der Waals surface area contributed by atoms with Crippen LogP contribution in [0.5, 0.6) is 0 Å². The summed E-state index contributed by atoms with van der Waals surface area (Å²) in [6.07, 6.45) is 0. The number of aromatic nitrogens is 1. The molecule has 1 aliphatic heterocycles. The Morgan fingerprint density at radius 1 is 1.56 bits per heavy atom. The number of aryl methyl sites for hydroxylation is 1. The summed E-state index contributed by atoms with van der Waals surface area (Å²) >= 11 is 6.78. The van der Waals surface area contributed by atoms with Gasteiger partial charge in [0.15, 0.2) is 5.72 Å². The molecule has 2 unspecified atom stereocenters. The predicted octanol–water partition coefficient (Wildman–Crippen LogP) is 2.33. The number of nitrogens with zero attached hydrogens (tertiary/aromatic N) is 2. The van der Waals surface area contributed by atoms with Crippen LogP contribution in [0.3, 0.4) is 0 Å². The Bertz CT molecular complexity index is 434. The van der Waals surface area contributed by atoms with E-state index in [1.54, 1.807) is 11.8 Å². The van der Waals surface area contributed by atoms with Gasteiger partial charge in [-0.15, -0.1) is 0 Å². The van der Waals surface area contributed by atoms with Gasteiger partial charge in [-0.25, -0.2) is 4.98 Å². The van der Waals surface area contributed by atoms with Crippen LogP contribution in [-0.4, -0.2) is 25.4 Å². The monoisotopic (exact) mass is 254 g/mol. The second kappa shape index (κ2) is 3.98. The fourth-order valence-electron chi connectivity index (χ4n) is 1.66. The van der Waals surface area contributed by atoms with Gasteiger partial charge in [0.2, 0.25) is 0 Å². The summed E-state index contributed by atoms with van der Waals surface area (Å²) < 4.78 is 0.676. The van der Waals surface area contributed by atoms with Crippen molar-refractivity contribution in [2.75, 3.05) is 4.90 Å². The van der Waals surface area contributed by atoms with Crippen molar-refractivity contribution in [3.63, 3.8) is 0 Å². The fourth-order valence-corrected chi connectivity index (χ4v) is 3.39. The lowest BCUT2D eigenvalue weighted by Gasteiger charge is -2.32. The molecule has 0 aromatic carbocycles. The van der Waals surface area contributed by atoms with Gasteiger partial charge in [-0.05, 0) is 32.9 Å². The fraction of sp³-hybridized carbons (Fsp3) is 0.455. The van der Waals surface area contributed by atoms with Crippen molar-refractivity contribution in [3.8, 4) is 0 Å². The Morgan fingerprint density at radius 3 is 2.75 bits per heavy atom. The van der Waals surface area contributed by atoms with E-state index in [2.05, 4.69) is 4.98 Å². The van der Waals surface area contributed by atoms with Crippen LogP contribution < -0.4 is 4.90 Å². The van der Waals surface area contributed by atoms with Crippen molar-refractivity contribution in [2.24, 2.45) is 0 Å². The van der Waals surface area contributed by atoms with Crippen molar-refractivity contribution in [1.29, 1.82) is 0 Å². The van der Waals surface area contributed by atoms with Crippen molar-refractivity contribution in [3.05, 3.63) is 23.9 Å². The smallest absolute Gasteiger partial charge is 0.153 e. The Hall–Kier alpha value is -0.650. The first-order valence-electron chi connectivity index (χ1n) is 5.10. The molecular formula is C11H14N2OS2. The topological polar surface area (TPSA) is 36.4 Å². The second-order valence-corrected chi connectivity index (χ2v) is 6.07. The van der Waals surface area contributed by atoms with Gasteiger partial charge in [0.1, 0.15) is 10.1 Å². The molecule has 0 aliphatic carbocycles. The lowest BCUT2D eigenvalue weighted by atomic mass is 10.1. The van der Waals surface area contributed by atoms with Crippen molar-refractivity contribution in [1.82, 2.24) is 4.98 Å². The summed E-state index contributed by atoms with van der Waals surface area (Å²) in [7, 11) is 0. The molecule has 1 aromatic rings. The molecule has 1 fully saturated rings. The highest BCUT2D eigenvalue weighted by Crippen LogP contribution is 2.40. The van der Waals surface area contributed by atoms with E-state index in [1.165, 1.54) is 11.8 Å². The lowest BCUT2D eigenvalue weighted by Crippen LogP contribution is -2.48. The van der Waals surface area contributed by atoms with E-state index in [0.29, 0.717) is 10.1 Å². The first-order valence-corrected chi connectivity index (χ1v) is 6.38. The molecule has 3 nitrogen and oxygen atoms in total. The standard InChI is InChI=1S/C11H14N2OS2/c1-7-5-4-6-9(12-7)13-10(15)16-8(2)11(13,3)14/h4-6,8,14H,1-3H3. The summed E-state index contributed by atoms with van der Waals surface area (Å²) in [5, 5.41) is 10.5. The average Bonchev–Trinajstić information content (AvgIpc) is 2.36. The Kier molecular flexibility index (Phi) is 2.94. The minimum absolute atomic E-state index is 0.0438. The van der Waals surface area contributed by atoms with E-state index in [9.17, 15) is 5.11 Å². The number of thioether (sulfide) groups is 1. The van der Waals surface area contributed by atoms with Crippen molar-refractivity contribution < 1.29 is 5.11 Å². The van der Waals surface area contributed by atoms with Crippen LogP contribution in [0.15, 0.2) is 18.2 Å². The highest BCUT2D eigenvalue weighted by atomic mass is 32.2. The zero-order valence-electron chi connectivity index (χ0n) is 9.47. The van der Waals surface area contributed by atoms with Crippen LogP contribution in [0.1, 0.15) is 19.5 Å². The Morgan fingerprint density at radius 2 is 2.25 bits per heavy atom. The minimum atomic E-state index is -0.970. The van der Waals surface area contributed by atoms with Gasteiger partial charge in [0, 0.05) is 5.69 Å². The Balaban J connectivity index is 2.44. The molecule has 0 spiro atoms. The van der Waals surface area contributed by atoms with Gasteiger partial charge < -0.3 is 5.11 Å². The van der Waals surface area contributed by atoms with Gasteiger partial charge in [0.05, 0.1) is 5.25 Å². The summed E-state index contributed by atoms with van der Waals surface area (Å²) in [5.74, 6) is 0.715. The van der Waals surface area contributed by atoms with E-state index < -0.39 is 5.72 Å². The van der Waals surface area contributed by atoms with Gasteiger partial charge in [0.25, 0.3) is 0 Å². The second-order valence-electron chi connectivity index (χ2n) is 4.09. The summed E-state index contributed by atoms with van der Waals surface area (Å²) in [4.78, 5) is 6.13. The minimum Gasteiger partial charge on any atom is -0.370 e. The molecular weight excluding hydrogens is 240 g/mol. The van der Waals surface area contributed by atoms with Gasteiger partial charge in [-0.2, -0.15) is 0 Å². The van der Waals surface area contributed by atoms with Crippen molar-refractivity contribution in [2.45, 2.75) is 31.7 Å². The third kappa shape index (κ3) is 1.83. The number of hydrogen-bond donors (Lipinski definition) is 1. The number of pyridine rings is 1. The van der Waals surface area contributed by atoms with Crippen LogP contribution in [0.2, 0.25) is 0 Å². The van der Waals surface area contributed by atoms with E-state index >= 15 is 0 Å². The zero-order valence-corrected chi connectivity index (χ0v) is 11.1. The quantitative estimate of drug-likeness (QED) is 0.778. The summed E-state index contributed by atoms with van der Waals surface area (Å²) in [5.41, 5.74) is -0.0524. The number of rotatable bonds is 1. The van der Waals surface area contributed by atoms with E-state index in [0.717, 1.165) is 5.69 Å². The van der Waals surface area contributed by atoms with Gasteiger partial charge >= 0.3 is 0 Å². The molecule has 86 valence electrons. The molecule has 16 heavy (non-hydrogen) atoms. The third-order valence-electron chi connectivity index (χ3n) is 2.79. The summed E-state index contributed by atoms with van der Waals surface area (Å²) in [6, 6.07) is 5.71. The van der Waals surface area contributed by atoms with Gasteiger partial charge in [-0.3, -0.25) is 4.90 Å². The van der Waals surface area contributed by atoms with Crippen LogP contribution >= 0.6 is 24.0 Å². The third-order valence-corrected chi connectivity index (χ3v) is 4.44. The van der Waals surface area contributed by atoms with Crippen molar-refractivity contribution >= 4 is 34.1 Å². The SMILES string of the molecule is Cc1cccc(N2C(=S)SC(C)C2(C)O)n1. The van der Waals surface area contributed by atoms with E-state index in [4.69, 9.17) is 12.2 Å². The molecule has 2 atom stereocenters. The predicted molar refractivity (Wildman–Crippen MR) is 71.7 cm³/mol. The lowest BCUT2D eigenvalue weighted by molar-refractivity contribution is 0.0760. The Labute approximate surface area is 105 Å². The molecule has 5 heteroatoms. The maximum absolute atomic E-state index is 10.4. The molecule has 0 amide bonds. The highest BCUT2D eigenvalue weighted by Gasteiger charge is 2.46. The molecule has 0 bridgehead atoms. The molecule has 1 N–H and O–H groups in total. The van der Waals surface area contributed by atoms with E-state index in [-0.39, 0.29) is 5.25 Å². The van der Waals surface area contributed by atoms with Crippen LogP contribution in [0.25, 0.3) is 0 Å². The first-order chi connectivity index (χ1) is 7.43. The number of thiocarbonyl (C=S) groups is 1. The maximum Gasteiger partial charge on any atom is 0.153 e. The molecule has 1 aliphatic rings. The van der Waals surface area contributed by atoms with Crippen LogP contribution in [-0.2, 0) is 0 Å². The highest BCUT2D eigenvalue weighted by molar-refractivity contribution is 8.24. The maximum atomic E-state index is 10.4. The molecule has 1 saturated heterocycles. The summed E-state index contributed by atoms with van der Waals surface area (Å²) in [6.45, 7) is 5.66. The normalized spacial score (nSPS) is 29.9. The molecule has 2 heterocycles. The molecule has 2 rings (SSSR count). The molecule has 1 aromatic heterocycles. The van der Waals surface area contributed by atoms with E-state index in [1.807, 2.05) is 32.0 Å². The number of hydrogen-bond acceptors (Lipinski definition) is 4. The van der Waals surface area contributed by atoms with Crippen LogP contribution in [0, 0.1) is 6.92 Å². The number of aliphatic hydroxyl groups is 1.